The van der Waals surface area contributed by atoms with Gasteiger partial charge >= 0.3 is 0 Å². The van der Waals surface area contributed by atoms with Gasteiger partial charge < -0.3 is 15.4 Å². The second-order valence-corrected chi connectivity index (χ2v) is 12.5. The fraction of sp³-hybridized carbons (Fsp3) is 0.415. The van der Waals surface area contributed by atoms with Crippen molar-refractivity contribution in [2.24, 2.45) is 17.8 Å². The molecule has 0 aliphatic rings. The standard InChI is InChI=1S/C41H58N2O/c1-11-17-39(30(2)3)27-32(5)34(7)29-42-36(9)40(28-38-24-25-41(44-10)33(6)26-38)43-35(8)19-16-15-18-31(4)22-23-37-20-13-12-14-21-37/h12-14,16,19-26,31,34,39-40,42-43H,2,5,8-9,11,15,17-18,27-29H2,1,3-4,6-7,10H3/b19-16+,23-22+/t31?,34?,39?,40-/m1/s1. The zero-order chi connectivity index (χ0) is 32.5. The third kappa shape index (κ3) is 13.3. The molecule has 2 N–H and O–H groups in total. The Hall–Kier alpha value is -3.72. The summed E-state index contributed by atoms with van der Waals surface area (Å²) >= 11 is 0. The van der Waals surface area contributed by atoms with Crippen LogP contribution in [0, 0.1) is 24.7 Å². The Bertz CT molecular complexity index is 1270. The topological polar surface area (TPSA) is 33.3 Å². The highest BCUT2D eigenvalue weighted by Crippen LogP contribution is 2.27. The summed E-state index contributed by atoms with van der Waals surface area (Å²) in [5.74, 6) is 2.23. The van der Waals surface area contributed by atoms with Gasteiger partial charge in [0, 0.05) is 17.9 Å². The molecule has 0 amide bonds. The van der Waals surface area contributed by atoms with Crippen LogP contribution in [0.25, 0.3) is 6.08 Å². The number of nitrogens with one attached hydrogen (secondary N) is 2. The molecule has 0 bridgehead atoms. The van der Waals surface area contributed by atoms with E-state index in [9.17, 15) is 0 Å². The van der Waals surface area contributed by atoms with Crippen LogP contribution in [0.3, 0.4) is 0 Å². The van der Waals surface area contributed by atoms with Crippen molar-refractivity contribution in [3.05, 3.63) is 132 Å². The lowest BCUT2D eigenvalue weighted by Gasteiger charge is -2.27. The van der Waals surface area contributed by atoms with Gasteiger partial charge in [-0.15, -0.1) is 0 Å². The molecule has 2 aromatic rings. The van der Waals surface area contributed by atoms with Crippen molar-refractivity contribution in [2.75, 3.05) is 13.7 Å². The van der Waals surface area contributed by atoms with E-state index in [-0.39, 0.29) is 6.04 Å². The Labute approximate surface area is 269 Å². The molecule has 2 rings (SSSR count). The van der Waals surface area contributed by atoms with E-state index >= 15 is 0 Å². The summed E-state index contributed by atoms with van der Waals surface area (Å²) in [5.41, 5.74) is 7.95. The van der Waals surface area contributed by atoms with Crippen LogP contribution >= 0.6 is 0 Å². The molecule has 0 saturated heterocycles. The number of ether oxygens (including phenoxy) is 1. The SMILES string of the molecule is C=C(/C=C/CCC(C)/C=C/c1ccccc1)N[C@H](Cc1ccc(OC)c(C)c1)C(=C)NCC(C)C(=C)CC(CCC)C(=C)C. The summed E-state index contributed by atoms with van der Waals surface area (Å²) in [5, 5.41) is 7.28. The third-order valence-electron chi connectivity index (χ3n) is 8.38. The van der Waals surface area contributed by atoms with E-state index in [1.54, 1.807) is 7.11 Å². The molecular weight excluding hydrogens is 536 g/mol. The summed E-state index contributed by atoms with van der Waals surface area (Å²) in [6, 6.07) is 16.8. The molecule has 44 heavy (non-hydrogen) atoms. The molecule has 0 spiro atoms. The minimum atomic E-state index is -0.0172. The van der Waals surface area contributed by atoms with Crippen molar-refractivity contribution in [3.8, 4) is 5.75 Å². The summed E-state index contributed by atoms with van der Waals surface area (Å²) in [6.07, 6.45) is 15.0. The number of allylic oxidation sites excluding steroid dienone is 4. The lowest BCUT2D eigenvalue weighted by molar-refractivity contribution is 0.411. The second kappa shape index (κ2) is 19.5. The summed E-state index contributed by atoms with van der Waals surface area (Å²) in [7, 11) is 1.71. The first kappa shape index (κ1) is 36.5. The van der Waals surface area contributed by atoms with Crippen LogP contribution in [0.2, 0.25) is 0 Å². The van der Waals surface area contributed by atoms with E-state index in [1.165, 1.54) is 22.3 Å². The lowest BCUT2D eigenvalue weighted by atomic mass is 9.86. The Morgan fingerprint density at radius 3 is 2.36 bits per heavy atom. The fourth-order valence-electron chi connectivity index (χ4n) is 5.30. The molecule has 3 unspecified atom stereocenters. The van der Waals surface area contributed by atoms with Crippen LogP contribution in [-0.4, -0.2) is 19.7 Å². The molecule has 0 radical (unpaired) electrons. The Morgan fingerprint density at radius 1 is 1.00 bits per heavy atom. The van der Waals surface area contributed by atoms with E-state index in [4.69, 9.17) is 4.74 Å². The first-order valence-electron chi connectivity index (χ1n) is 16.3. The minimum Gasteiger partial charge on any atom is -0.496 e. The molecule has 0 aliphatic carbocycles. The Kier molecular flexibility index (Phi) is 16.2. The molecule has 0 heterocycles. The van der Waals surface area contributed by atoms with E-state index in [2.05, 4.69) is 132 Å². The number of aryl methyl sites for hydroxylation is 1. The fourth-order valence-corrected chi connectivity index (χ4v) is 5.30. The van der Waals surface area contributed by atoms with Gasteiger partial charge in [-0.05, 0) is 92.5 Å². The van der Waals surface area contributed by atoms with E-state index in [1.807, 2.05) is 12.1 Å². The van der Waals surface area contributed by atoms with Crippen molar-refractivity contribution in [1.82, 2.24) is 10.6 Å². The maximum Gasteiger partial charge on any atom is 0.121 e. The molecule has 3 heteroatoms. The number of hydrogen-bond donors (Lipinski definition) is 2. The van der Waals surface area contributed by atoms with Gasteiger partial charge in [0.2, 0.25) is 0 Å². The third-order valence-corrected chi connectivity index (χ3v) is 8.38. The summed E-state index contributed by atoms with van der Waals surface area (Å²) in [4.78, 5) is 0. The highest BCUT2D eigenvalue weighted by atomic mass is 16.5. The maximum atomic E-state index is 5.48. The first-order valence-corrected chi connectivity index (χ1v) is 16.3. The average molecular weight is 595 g/mol. The van der Waals surface area contributed by atoms with Crippen molar-refractivity contribution in [3.63, 3.8) is 0 Å². The van der Waals surface area contributed by atoms with Gasteiger partial charge in [-0.1, -0.05) is 125 Å². The van der Waals surface area contributed by atoms with Crippen LogP contribution in [-0.2, 0) is 6.42 Å². The van der Waals surface area contributed by atoms with E-state index in [0.29, 0.717) is 17.8 Å². The van der Waals surface area contributed by atoms with Crippen LogP contribution in [0.1, 0.15) is 76.5 Å². The zero-order valence-corrected chi connectivity index (χ0v) is 28.4. The maximum absolute atomic E-state index is 5.48. The molecule has 0 fully saturated rings. The van der Waals surface area contributed by atoms with Gasteiger partial charge in [0.25, 0.3) is 0 Å². The summed E-state index contributed by atoms with van der Waals surface area (Å²) < 4.78 is 5.48. The lowest BCUT2D eigenvalue weighted by Crippen LogP contribution is -2.38. The molecule has 0 saturated carbocycles. The molecular formula is C41H58N2O. The molecule has 4 atom stereocenters. The van der Waals surface area contributed by atoms with Crippen LogP contribution in [0.15, 0.2) is 116 Å². The van der Waals surface area contributed by atoms with Crippen molar-refractivity contribution >= 4 is 6.08 Å². The highest BCUT2D eigenvalue weighted by Gasteiger charge is 2.18. The van der Waals surface area contributed by atoms with Gasteiger partial charge in [-0.2, -0.15) is 0 Å². The summed E-state index contributed by atoms with van der Waals surface area (Å²) in [6.45, 7) is 29.2. The second-order valence-electron chi connectivity index (χ2n) is 12.5. The van der Waals surface area contributed by atoms with Gasteiger partial charge in [0.1, 0.15) is 5.75 Å². The van der Waals surface area contributed by atoms with Crippen molar-refractivity contribution in [1.29, 1.82) is 0 Å². The quantitative estimate of drug-likeness (QED) is 0.111. The number of benzene rings is 2. The van der Waals surface area contributed by atoms with Gasteiger partial charge in [0.15, 0.2) is 0 Å². The van der Waals surface area contributed by atoms with Crippen LogP contribution in [0.5, 0.6) is 5.75 Å². The normalized spacial score (nSPS) is 14.1. The van der Waals surface area contributed by atoms with Crippen LogP contribution in [0.4, 0.5) is 0 Å². The average Bonchev–Trinajstić information content (AvgIpc) is 3.00. The first-order chi connectivity index (χ1) is 21.0. The van der Waals surface area contributed by atoms with Gasteiger partial charge in [-0.3, -0.25) is 0 Å². The highest BCUT2D eigenvalue weighted by molar-refractivity contribution is 5.48. The molecule has 3 nitrogen and oxygen atoms in total. The minimum absolute atomic E-state index is 0.0172. The zero-order valence-electron chi connectivity index (χ0n) is 28.4. The van der Waals surface area contributed by atoms with E-state index < -0.39 is 0 Å². The Balaban J connectivity index is 2.01. The van der Waals surface area contributed by atoms with Gasteiger partial charge in [0.05, 0.1) is 13.2 Å². The predicted octanol–water partition coefficient (Wildman–Crippen LogP) is 10.4. The molecule has 238 valence electrons. The van der Waals surface area contributed by atoms with Crippen molar-refractivity contribution in [2.45, 2.75) is 79.2 Å². The van der Waals surface area contributed by atoms with Crippen LogP contribution < -0.4 is 15.4 Å². The number of hydrogen-bond acceptors (Lipinski definition) is 3. The van der Waals surface area contributed by atoms with E-state index in [0.717, 1.165) is 67.8 Å². The molecule has 0 aromatic heterocycles. The Morgan fingerprint density at radius 2 is 1.73 bits per heavy atom. The largest absolute Gasteiger partial charge is 0.496 e. The van der Waals surface area contributed by atoms with Crippen molar-refractivity contribution < 1.29 is 4.74 Å². The smallest absolute Gasteiger partial charge is 0.121 e. The monoisotopic (exact) mass is 594 g/mol. The number of methoxy groups -OCH3 is 1. The molecule has 0 aliphatic heterocycles. The molecule has 2 aromatic carbocycles. The van der Waals surface area contributed by atoms with Gasteiger partial charge in [-0.25, -0.2) is 0 Å². The predicted molar refractivity (Wildman–Crippen MR) is 194 cm³/mol. The number of rotatable bonds is 21.